The zero-order chi connectivity index (χ0) is 13.2. The lowest BCUT2D eigenvalue weighted by atomic mass is 10.0. The van der Waals surface area contributed by atoms with Crippen LogP contribution in [0.1, 0.15) is 12.0 Å². The summed E-state index contributed by atoms with van der Waals surface area (Å²) in [5.74, 6) is -3.77. The molecule has 17 heavy (non-hydrogen) atoms. The highest BCUT2D eigenvalue weighted by atomic mass is 19.4. The van der Waals surface area contributed by atoms with Crippen molar-refractivity contribution in [1.82, 2.24) is 0 Å². The smallest absolute Gasteiger partial charge is 0.320 e. The van der Waals surface area contributed by atoms with Crippen molar-refractivity contribution in [3.05, 3.63) is 35.1 Å². The third kappa shape index (κ3) is 3.62. The Morgan fingerprint density at radius 1 is 1.00 bits per heavy atom. The molecule has 0 amide bonds. The Kier molecular flexibility index (Phi) is 4.03. The number of alkyl halides is 3. The zero-order valence-corrected chi connectivity index (χ0v) is 8.49. The van der Waals surface area contributed by atoms with Crippen LogP contribution in [0.25, 0.3) is 0 Å². The predicted octanol–water partition coefficient (Wildman–Crippen LogP) is 2.93. The lowest BCUT2D eigenvalue weighted by Crippen LogP contribution is -2.37. The van der Waals surface area contributed by atoms with Gasteiger partial charge in [0.1, 0.15) is 11.9 Å². The van der Waals surface area contributed by atoms with E-state index >= 15 is 0 Å². The number of aryl methyl sites for hydroxylation is 1. The summed E-state index contributed by atoms with van der Waals surface area (Å²) in [6, 6.07) is -1.28. The van der Waals surface area contributed by atoms with Crippen LogP contribution in [0.4, 0.5) is 26.3 Å². The van der Waals surface area contributed by atoms with E-state index in [2.05, 4.69) is 0 Å². The monoisotopic (exact) mass is 257 g/mol. The van der Waals surface area contributed by atoms with Gasteiger partial charge in [0.2, 0.25) is 0 Å². The fourth-order valence-electron chi connectivity index (χ4n) is 1.23. The van der Waals surface area contributed by atoms with Gasteiger partial charge in [0.05, 0.1) is 0 Å². The number of halogens is 6. The Morgan fingerprint density at radius 3 is 2.06 bits per heavy atom. The summed E-state index contributed by atoms with van der Waals surface area (Å²) < 4.78 is 74.4. The molecule has 1 aromatic rings. The van der Waals surface area contributed by atoms with Gasteiger partial charge in [-0.1, -0.05) is 0 Å². The fourth-order valence-corrected chi connectivity index (χ4v) is 1.23. The molecule has 0 aliphatic carbocycles. The molecular weight excluding hydrogens is 248 g/mol. The highest BCUT2D eigenvalue weighted by molar-refractivity contribution is 5.20. The maximum atomic E-state index is 13.0. The third-order valence-corrected chi connectivity index (χ3v) is 2.23. The van der Waals surface area contributed by atoms with Gasteiger partial charge >= 0.3 is 6.18 Å². The molecule has 1 atom stereocenters. The Bertz CT molecular complexity index is 401. The van der Waals surface area contributed by atoms with Gasteiger partial charge in [0, 0.05) is 6.07 Å². The van der Waals surface area contributed by atoms with Crippen molar-refractivity contribution >= 4 is 0 Å². The van der Waals surface area contributed by atoms with E-state index in [4.69, 9.17) is 5.73 Å². The quantitative estimate of drug-likeness (QED) is 0.654. The molecule has 0 heterocycles. The number of hydrogen-bond donors (Lipinski definition) is 1. The molecule has 1 nitrogen and oxygen atoms in total. The highest BCUT2D eigenvalue weighted by Gasteiger charge is 2.36. The van der Waals surface area contributed by atoms with Crippen LogP contribution in [0.15, 0.2) is 12.1 Å². The summed E-state index contributed by atoms with van der Waals surface area (Å²) in [7, 11) is 0. The Morgan fingerprint density at radius 2 is 1.53 bits per heavy atom. The van der Waals surface area contributed by atoms with E-state index in [1.807, 2.05) is 0 Å². The van der Waals surface area contributed by atoms with Crippen LogP contribution in [-0.2, 0) is 6.42 Å². The summed E-state index contributed by atoms with van der Waals surface area (Å²) >= 11 is 0. The summed E-state index contributed by atoms with van der Waals surface area (Å²) in [5, 5.41) is 0. The van der Waals surface area contributed by atoms with Gasteiger partial charge in [0.25, 0.3) is 0 Å². The van der Waals surface area contributed by atoms with E-state index in [1.54, 1.807) is 0 Å². The largest absolute Gasteiger partial charge is 0.403 e. The summed E-state index contributed by atoms with van der Waals surface area (Å²) in [5.41, 5.74) is 4.47. The van der Waals surface area contributed by atoms with E-state index in [1.165, 1.54) is 0 Å². The summed E-state index contributed by atoms with van der Waals surface area (Å²) in [4.78, 5) is 0. The molecule has 0 aliphatic rings. The van der Waals surface area contributed by atoms with Gasteiger partial charge < -0.3 is 5.73 Å². The van der Waals surface area contributed by atoms with E-state index in [0.717, 1.165) is 0 Å². The fraction of sp³-hybridized carbons (Fsp3) is 0.400. The SMILES string of the molecule is NC(CCc1cc(F)c(F)cc1F)C(F)(F)F. The molecule has 7 heteroatoms. The Hall–Kier alpha value is -1.24. The average Bonchev–Trinajstić information content (AvgIpc) is 2.19. The first-order valence-electron chi connectivity index (χ1n) is 4.67. The number of rotatable bonds is 3. The second-order valence-corrected chi connectivity index (χ2v) is 3.54. The van der Waals surface area contributed by atoms with Crippen LogP contribution in [-0.4, -0.2) is 12.2 Å². The molecule has 0 radical (unpaired) electrons. The molecule has 0 bridgehead atoms. The molecule has 0 aliphatic heterocycles. The first-order valence-corrected chi connectivity index (χ1v) is 4.67. The van der Waals surface area contributed by atoms with Crippen molar-refractivity contribution in [2.45, 2.75) is 25.1 Å². The lowest BCUT2D eigenvalue weighted by molar-refractivity contribution is -0.148. The van der Waals surface area contributed by atoms with E-state index in [9.17, 15) is 26.3 Å². The molecule has 0 saturated carbocycles. The third-order valence-electron chi connectivity index (χ3n) is 2.23. The predicted molar refractivity (Wildman–Crippen MR) is 48.7 cm³/mol. The highest BCUT2D eigenvalue weighted by Crippen LogP contribution is 2.23. The maximum Gasteiger partial charge on any atom is 0.403 e. The minimum absolute atomic E-state index is 0.295. The topological polar surface area (TPSA) is 26.0 Å². The molecular formula is C10H9F6N. The molecule has 0 aromatic heterocycles. The zero-order valence-electron chi connectivity index (χ0n) is 8.49. The van der Waals surface area contributed by atoms with Crippen molar-refractivity contribution in [2.75, 3.05) is 0 Å². The van der Waals surface area contributed by atoms with E-state index < -0.39 is 42.5 Å². The normalized spacial score (nSPS) is 13.8. The van der Waals surface area contributed by atoms with E-state index in [-0.39, 0.29) is 5.56 Å². The van der Waals surface area contributed by atoms with Crippen molar-refractivity contribution in [2.24, 2.45) is 5.73 Å². The second kappa shape index (κ2) is 4.95. The number of benzene rings is 1. The Balaban J connectivity index is 2.73. The Labute approximate surface area is 93.2 Å². The van der Waals surface area contributed by atoms with Crippen LogP contribution in [0.2, 0.25) is 0 Å². The molecule has 2 N–H and O–H groups in total. The standard InChI is InChI=1S/C10H9F6N/c11-6-4-8(13)7(12)3-5(6)1-2-9(17)10(14,15)16/h3-4,9H,1-2,17H2. The van der Waals surface area contributed by atoms with Crippen LogP contribution in [0, 0.1) is 17.5 Å². The first-order chi connectivity index (χ1) is 7.71. The van der Waals surface area contributed by atoms with Crippen LogP contribution < -0.4 is 5.73 Å². The van der Waals surface area contributed by atoms with Gasteiger partial charge in [-0.05, 0) is 24.5 Å². The molecule has 1 aromatic carbocycles. The number of nitrogens with two attached hydrogens (primary N) is 1. The van der Waals surface area contributed by atoms with E-state index in [0.29, 0.717) is 12.1 Å². The summed E-state index contributed by atoms with van der Waals surface area (Å²) in [6.07, 6.45) is -5.59. The molecule has 0 fully saturated rings. The van der Waals surface area contributed by atoms with Gasteiger partial charge in [-0.25, -0.2) is 13.2 Å². The first kappa shape index (κ1) is 13.8. The summed E-state index contributed by atoms with van der Waals surface area (Å²) in [6.45, 7) is 0. The van der Waals surface area contributed by atoms with Gasteiger partial charge in [0.15, 0.2) is 11.6 Å². The average molecular weight is 257 g/mol. The second-order valence-electron chi connectivity index (χ2n) is 3.54. The minimum Gasteiger partial charge on any atom is -0.320 e. The lowest BCUT2D eigenvalue weighted by Gasteiger charge is -2.15. The van der Waals surface area contributed by atoms with Crippen LogP contribution in [0.5, 0.6) is 0 Å². The number of hydrogen-bond acceptors (Lipinski definition) is 1. The van der Waals surface area contributed by atoms with Gasteiger partial charge in [-0.2, -0.15) is 13.2 Å². The van der Waals surface area contributed by atoms with Crippen LogP contribution in [0.3, 0.4) is 0 Å². The molecule has 1 rings (SSSR count). The molecule has 0 spiro atoms. The van der Waals surface area contributed by atoms with Crippen molar-refractivity contribution in [3.8, 4) is 0 Å². The van der Waals surface area contributed by atoms with Gasteiger partial charge in [-0.3, -0.25) is 0 Å². The van der Waals surface area contributed by atoms with Crippen molar-refractivity contribution < 1.29 is 26.3 Å². The van der Waals surface area contributed by atoms with Crippen molar-refractivity contribution in [1.29, 1.82) is 0 Å². The van der Waals surface area contributed by atoms with Crippen LogP contribution >= 0.6 is 0 Å². The minimum atomic E-state index is -4.59. The molecule has 96 valence electrons. The van der Waals surface area contributed by atoms with Gasteiger partial charge in [-0.15, -0.1) is 0 Å². The van der Waals surface area contributed by atoms with Crippen molar-refractivity contribution in [3.63, 3.8) is 0 Å². The molecule has 1 unspecified atom stereocenters. The molecule has 0 saturated heterocycles. The maximum absolute atomic E-state index is 13.0.